The van der Waals surface area contributed by atoms with Gasteiger partial charge in [-0.2, -0.15) is 0 Å². The standard InChI is InChI=1S/C36H36Br2O12/c1-35(2,3)33(43)49-29-17-13-21(45-7)19(37)11-15(17)23(27(39)25(29)31(41)47-9)24-16-12-20(38)22(46-8)14-18(16)30(50-34(44)36(4,5)6)26(28(24)40)32(42)48-10/h11-14,39-40H,1-10H3. The number of carbonyl (C=O) groups is 4. The molecule has 266 valence electrons. The summed E-state index contributed by atoms with van der Waals surface area (Å²) in [6, 6.07) is 5.99. The lowest BCUT2D eigenvalue weighted by Crippen LogP contribution is -2.26. The van der Waals surface area contributed by atoms with Crippen molar-refractivity contribution < 1.29 is 57.8 Å². The molecule has 0 fully saturated rings. The third-order valence-electron chi connectivity index (χ3n) is 7.66. The van der Waals surface area contributed by atoms with E-state index in [2.05, 4.69) is 31.9 Å². The van der Waals surface area contributed by atoms with Gasteiger partial charge in [-0.05, 0) is 108 Å². The Kier molecular flexibility index (Phi) is 10.7. The van der Waals surface area contributed by atoms with Gasteiger partial charge in [0.25, 0.3) is 0 Å². The predicted molar refractivity (Wildman–Crippen MR) is 192 cm³/mol. The summed E-state index contributed by atoms with van der Waals surface area (Å²) in [5, 5.41) is 24.7. The minimum absolute atomic E-state index is 0.0961. The summed E-state index contributed by atoms with van der Waals surface area (Å²) >= 11 is 6.92. The highest BCUT2D eigenvalue weighted by molar-refractivity contribution is 9.11. The van der Waals surface area contributed by atoms with Gasteiger partial charge < -0.3 is 38.6 Å². The van der Waals surface area contributed by atoms with Crippen LogP contribution < -0.4 is 18.9 Å². The average molecular weight is 820 g/mol. The van der Waals surface area contributed by atoms with Gasteiger partial charge in [-0.25, -0.2) is 9.59 Å². The SMILES string of the molecule is COC(=O)c1c(O)c(-c2c(O)c(C(=O)OC)c(OC(=O)C(C)(C)C)c3cc(OC)c(Br)cc23)c2cc(Br)c(OC)cc2c1OC(=O)C(C)(C)C. The molecule has 0 saturated heterocycles. The van der Waals surface area contributed by atoms with Crippen molar-refractivity contribution in [1.82, 2.24) is 0 Å². The molecule has 0 saturated carbocycles. The molecule has 4 aromatic rings. The minimum Gasteiger partial charge on any atom is -0.506 e. The van der Waals surface area contributed by atoms with Crippen molar-refractivity contribution >= 4 is 77.3 Å². The van der Waals surface area contributed by atoms with Gasteiger partial charge in [0.05, 0.1) is 48.2 Å². The van der Waals surface area contributed by atoms with Crippen LogP contribution in [0.15, 0.2) is 33.2 Å². The van der Waals surface area contributed by atoms with Gasteiger partial charge in [0.15, 0.2) is 11.5 Å². The summed E-state index contributed by atoms with van der Waals surface area (Å²) < 4.78 is 33.5. The lowest BCUT2D eigenvalue weighted by Gasteiger charge is -2.25. The number of fused-ring (bicyclic) bond motifs is 2. The summed E-state index contributed by atoms with van der Waals surface area (Å²) in [7, 11) is 4.96. The molecule has 0 bridgehead atoms. The van der Waals surface area contributed by atoms with E-state index in [0.717, 1.165) is 14.2 Å². The lowest BCUT2D eigenvalue weighted by atomic mass is 9.87. The quantitative estimate of drug-likeness (QED) is 0.136. The number of phenols is 2. The highest BCUT2D eigenvalue weighted by Gasteiger charge is 2.37. The van der Waals surface area contributed by atoms with E-state index in [1.165, 1.54) is 38.5 Å². The zero-order chi connectivity index (χ0) is 37.6. The van der Waals surface area contributed by atoms with Crippen LogP contribution >= 0.6 is 31.9 Å². The number of hydrogen-bond donors (Lipinski definition) is 2. The fourth-order valence-corrected chi connectivity index (χ4v) is 6.00. The fraction of sp³-hybridized carbons (Fsp3) is 0.333. The molecule has 4 rings (SSSR count). The minimum atomic E-state index is -1.08. The molecule has 0 radical (unpaired) electrons. The Morgan fingerprint density at radius 1 is 0.560 bits per heavy atom. The molecule has 0 aliphatic heterocycles. The fourth-order valence-electron chi connectivity index (χ4n) is 4.99. The number of aromatic hydroxyl groups is 2. The van der Waals surface area contributed by atoms with Gasteiger partial charge in [0.2, 0.25) is 0 Å². The molecule has 0 aliphatic carbocycles. The zero-order valence-corrected chi connectivity index (χ0v) is 32.2. The monoisotopic (exact) mass is 818 g/mol. The third kappa shape index (κ3) is 6.78. The molecule has 12 nitrogen and oxygen atoms in total. The maximum absolute atomic E-state index is 13.5. The van der Waals surface area contributed by atoms with Crippen molar-refractivity contribution in [1.29, 1.82) is 0 Å². The van der Waals surface area contributed by atoms with Crippen LogP contribution in [0.25, 0.3) is 32.7 Å². The molecule has 4 aromatic carbocycles. The van der Waals surface area contributed by atoms with Gasteiger partial charge in [-0.1, -0.05) is 0 Å². The second-order valence-corrected chi connectivity index (χ2v) is 14.9. The van der Waals surface area contributed by atoms with E-state index in [-0.39, 0.29) is 55.7 Å². The first-order valence-electron chi connectivity index (χ1n) is 15.0. The topological polar surface area (TPSA) is 164 Å². The molecule has 50 heavy (non-hydrogen) atoms. The highest BCUT2D eigenvalue weighted by Crippen LogP contribution is 2.55. The van der Waals surface area contributed by atoms with Crippen LogP contribution in [-0.4, -0.2) is 62.5 Å². The highest BCUT2D eigenvalue weighted by atomic mass is 79.9. The Hall–Kier alpha value is -4.56. The molecule has 0 unspecified atom stereocenters. The summed E-state index contributed by atoms with van der Waals surface area (Å²) in [4.78, 5) is 53.5. The van der Waals surface area contributed by atoms with Crippen molar-refractivity contribution in [2.75, 3.05) is 28.4 Å². The van der Waals surface area contributed by atoms with Gasteiger partial charge in [0, 0.05) is 21.9 Å². The predicted octanol–water partition coefficient (Wildman–Crippen LogP) is 8.09. The molecule has 14 heteroatoms. The molecule has 0 spiro atoms. The Balaban J connectivity index is 2.38. The second-order valence-electron chi connectivity index (χ2n) is 13.2. The van der Waals surface area contributed by atoms with E-state index < -0.39 is 57.3 Å². The maximum Gasteiger partial charge on any atom is 0.345 e. The van der Waals surface area contributed by atoms with Gasteiger partial charge >= 0.3 is 23.9 Å². The Bertz CT molecular complexity index is 1940. The first-order valence-corrected chi connectivity index (χ1v) is 16.6. The summed E-state index contributed by atoms with van der Waals surface area (Å²) in [6.07, 6.45) is 0. The van der Waals surface area contributed by atoms with Crippen LogP contribution in [-0.2, 0) is 19.1 Å². The Morgan fingerprint density at radius 2 is 0.880 bits per heavy atom. The first kappa shape index (κ1) is 38.2. The van der Waals surface area contributed by atoms with Gasteiger partial charge in [-0.15, -0.1) is 0 Å². The van der Waals surface area contributed by atoms with Crippen molar-refractivity contribution in [3.05, 3.63) is 44.3 Å². The van der Waals surface area contributed by atoms with E-state index in [4.69, 9.17) is 28.4 Å². The Labute approximate surface area is 304 Å². The van der Waals surface area contributed by atoms with Crippen molar-refractivity contribution in [2.24, 2.45) is 10.8 Å². The number of rotatable bonds is 7. The lowest BCUT2D eigenvalue weighted by molar-refractivity contribution is -0.143. The summed E-state index contributed by atoms with van der Waals surface area (Å²) in [6.45, 7) is 9.66. The molecular weight excluding hydrogens is 784 g/mol. The molecule has 0 aliphatic rings. The molecule has 0 atom stereocenters. The third-order valence-corrected chi connectivity index (χ3v) is 8.90. The van der Waals surface area contributed by atoms with E-state index in [1.54, 1.807) is 41.5 Å². The summed E-state index contributed by atoms with van der Waals surface area (Å²) in [5.41, 5.74) is -3.55. The normalized spacial score (nSPS) is 11.7. The maximum atomic E-state index is 13.5. The van der Waals surface area contributed by atoms with E-state index in [1.807, 2.05) is 0 Å². The number of benzene rings is 4. The molecule has 0 heterocycles. The van der Waals surface area contributed by atoms with Crippen LogP contribution in [0.4, 0.5) is 0 Å². The van der Waals surface area contributed by atoms with Crippen LogP contribution in [0.3, 0.4) is 0 Å². The number of carbonyl (C=O) groups excluding carboxylic acids is 4. The number of phenolic OH excluding ortho intramolecular Hbond substituents is 2. The van der Waals surface area contributed by atoms with Gasteiger partial charge in [-0.3, -0.25) is 9.59 Å². The average Bonchev–Trinajstić information content (AvgIpc) is 3.04. The molecule has 2 N–H and O–H groups in total. The van der Waals surface area contributed by atoms with E-state index in [0.29, 0.717) is 8.95 Å². The molecule has 0 aromatic heterocycles. The molecule has 0 amide bonds. The number of halogens is 2. The summed E-state index contributed by atoms with van der Waals surface area (Å²) in [5.74, 6) is -5.32. The number of esters is 4. The van der Waals surface area contributed by atoms with E-state index in [9.17, 15) is 29.4 Å². The van der Waals surface area contributed by atoms with Crippen LogP contribution in [0.5, 0.6) is 34.5 Å². The number of methoxy groups -OCH3 is 4. The van der Waals surface area contributed by atoms with Crippen LogP contribution in [0.2, 0.25) is 0 Å². The van der Waals surface area contributed by atoms with Crippen molar-refractivity contribution in [3.63, 3.8) is 0 Å². The van der Waals surface area contributed by atoms with Crippen molar-refractivity contribution in [2.45, 2.75) is 41.5 Å². The number of hydrogen-bond acceptors (Lipinski definition) is 12. The largest absolute Gasteiger partial charge is 0.506 e. The Morgan fingerprint density at radius 3 is 1.14 bits per heavy atom. The van der Waals surface area contributed by atoms with Gasteiger partial charge in [0.1, 0.15) is 34.1 Å². The second kappa shape index (κ2) is 14.0. The van der Waals surface area contributed by atoms with Crippen LogP contribution in [0, 0.1) is 10.8 Å². The van der Waals surface area contributed by atoms with E-state index >= 15 is 0 Å². The first-order chi connectivity index (χ1) is 23.2. The smallest absolute Gasteiger partial charge is 0.345 e. The molecular formula is C36H36Br2O12. The van der Waals surface area contributed by atoms with Crippen LogP contribution in [0.1, 0.15) is 62.3 Å². The zero-order valence-electron chi connectivity index (χ0n) is 29.0. The van der Waals surface area contributed by atoms with Crippen molar-refractivity contribution in [3.8, 4) is 45.6 Å². The number of ether oxygens (including phenoxy) is 6.